The van der Waals surface area contributed by atoms with Gasteiger partial charge in [-0.25, -0.2) is 0 Å². The van der Waals surface area contributed by atoms with Gasteiger partial charge in [0, 0.05) is 18.3 Å². The lowest BCUT2D eigenvalue weighted by atomic mass is 10.0. The molecule has 0 fully saturated rings. The highest BCUT2D eigenvalue weighted by molar-refractivity contribution is 6.02. The van der Waals surface area contributed by atoms with E-state index in [1.54, 1.807) is 4.90 Å². The van der Waals surface area contributed by atoms with Crippen LogP contribution in [-0.4, -0.2) is 18.4 Å². The van der Waals surface area contributed by atoms with E-state index in [4.69, 9.17) is 0 Å². The SMILES string of the molecule is CCc1ccccc1N(CC(=O)Nc1c(CC)cccc1CC)C(C)=O. The van der Waals surface area contributed by atoms with Gasteiger partial charge in [0.2, 0.25) is 11.8 Å². The highest BCUT2D eigenvalue weighted by Crippen LogP contribution is 2.24. The molecule has 0 atom stereocenters. The maximum absolute atomic E-state index is 12.7. The summed E-state index contributed by atoms with van der Waals surface area (Å²) in [5, 5.41) is 3.04. The maximum atomic E-state index is 12.7. The number of hydrogen-bond acceptors (Lipinski definition) is 2. The van der Waals surface area contributed by atoms with E-state index in [1.165, 1.54) is 6.92 Å². The van der Waals surface area contributed by atoms with Crippen molar-refractivity contribution in [3.63, 3.8) is 0 Å². The molecule has 0 aliphatic carbocycles. The van der Waals surface area contributed by atoms with Crippen LogP contribution in [0.2, 0.25) is 0 Å². The molecule has 0 heterocycles. The molecule has 2 amide bonds. The number of para-hydroxylation sites is 2. The molecule has 0 unspecified atom stereocenters. The van der Waals surface area contributed by atoms with Gasteiger partial charge in [-0.15, -0.1) is 0 Å². The summed E-state index contributed by atoms with van der Waals surface area (Å²) >= 11 is 0. The summed E-state index contributed by atoms with van der Waals surface area (Å²) in [5.41, 5.74) is 4.97. The Balaban J connectivity index is 2.26. The van der Waals surface area contributed by atoms with Crippen molar-refractivity contribution >= 4 is 23.2 Å². The molecule has 0 saturated heterocycles. The van der Waals surface area contributed by atoms with Gasteiger partial charge < -0.3 is 10.2 Å². The molecule has 0 aliphatic heterocycles. The molecule has 0 aromatic heterocycles. The second-order valence-electron chi connectivity index (χ2n) is 6.29. The number of anilines is 2. The molecule has 4 nitrogen and oxygen atoms in total. The fourth-order valence-corrected chi connectivity index (χ4v) is 3.16. The fourth-order valence-electron chi connectivity index (χ4n) is 3.16. The number of carbonyl (C=O) groups is 2. The average Bonchev–Trinajstić information content (AvgIpc) is 2.66. The van der Waals surface area contributed by atoms with E-state index in [9.17, 15) is 9.59 Å². The quantitative estimate of drug-likeness (QED) is 0.804. The molecule has 2 aromatic rings. The molecule has 2 rings (SSSR count). The summed E-state index contributed by atoms with van der Waals surface area (Å²) in [7, 11) is 0. The van der Waals surface area contributed by atoms with Crippen LogP contribution in [0.15, 0.2) is 42.5 Å². The second-order valence-corrected chi connectivity index (χ2v) is 6.29. The summed E-state index contributed by atoms with van der Waals surface area (Å²) in [6, 6.07) is 13.8. The van der Waals surface area contributed by atoms with Gasteiger partial charge in [0.05, 0.1) is 0 Å². The van der Waals surface area contributed by atoms with Crippen LogP contribution in [0.25, 0.3) is 0 Å². The minimum Gasteiger partial charge on any atom is -0.324 e. The van der Waals surface area contributed by atoms with Crippen LogP contribution in [0.1, 0.15) is 44.4 Å². The molecule has 138 valence electrons. The molecule has 0 radical (unpaired) electrons. The van der Waals surface area contributed by atoms with Crippen molar-refractivity contribution in [2.24, 2.45) is 0 Å². The number of rotatable bonds is 7. The normalized spacial score (nSPS) is 10.5. The third-order valence-electron chi connectivity index (χ3n) is 4.61. The molecular weight excluding hydrogens is 324 g/mol. The standard InChI is InChI=1S/C22H28N2O2/c1-5-17-11-8-9-14-20(17)24(16(4)25)15-21(26)23-22-18(6-2)12-10-13-19(22)7-3/h8-14H,5-7,15H2,1-4H3,(H,23,26). The van der Waals surface area contributed by atoms with E-state index in [1.807, 2.05) is 49.4 Å². The summed E-state index contributed by atoms with van der Waals surface area (Å²) < 4.78 is 0. The van der Waals surface area contributed by atoms with Crippen LogP contribution in [0.4, 0.5) is 11.4 Å². The zero-order valence-corrected chi connectivity index (χ0v) is 16.1. The molecule has 4 heteroatoms. The van der Waals surface area contributed by atoms with Crippen molar-refractivity contribution in [3.05, 3.63) is 59.2 Å². The second kappa shape index (κ2) is 9.18. The fraction of sp³-hybridized carbons (Fsp3) is 0.364. The van der Waals surface area contributed by atoms with Crippen LogP contribution in [0.3, 0.4) is 0 Å². The van der Waals surface area contributed by atoms with Gasteiger partial charge in [-0.2, -0.15) is 0 Å². The van der Waals surface area contributed by atoms with Gasteiger partial charge in [-0.3, -0.25) is 9.59 Å². The number of hydrogen-bond donors (Lipinski definition) is 1. The summed E-state index contributed by atoms with van der Waals surface area (Å²) in [5.74, 6) is -0.317. The molecule has 26 heavy (non-hydrogen) atoms. The van der Waals surface area contributed by atoms with E-state index < -0.39 is 0 Å². The third kappa shape index (κ3) is 4.51. The van der Waals surface area contributed by atoms with Crippen LogP contribution in [0.5, 0.6) is 0 Å². The Kier molecular flexibility index (Phi) is 6.96. The minimum atomic E-state index is -0.179. The number of amides is 2. The number of nitrogens with one attached hydrogen (secondary N) is 1. The zero-order valence-electron chi connectivity index (χ0n) is 16.1. The van der Waals surface area contributed by atoms with Crippen LogP contribution in [-0.2, 0) is 28.9 Å². The molecule has 2 aromatic carbocycles. The van der Waals surface area contributed by atoms with Gasteiger partial charge in [0.15, 0.2) is 0 Å². The molecular formula is C22H28N2O2. The van der Waals surface area contributed by atoms with Gasteiger partial charge in [0.25, 0.3) is 0 Å². The molecule has 0 spiro atoms. The van der Waals surface area contributed by atoms with Crippen LogP contribution < -0.4 is 10.2 Å². The lowest BCUT2D eigenvalue weighted by Gasteiger charge is -2.24. The first-order valence-corrected chi connectivity index (χ1v) is 9.28. The Morgan fingerprint density at radius 3 is 1.92 bits per heavy atom. The molecule has 1 N–H and O–H groups in total. The van der Waals surface area contributed by atoms with E-state index in [-0.39, 0.29) is 18.4 Å². The largest absolute Gasteiger partial charge is 0.324 e. The Morgan fingerprint density at radius 2 is 1.38 bits per heavy atom. The molecule has 0 aliphatic rings. The van der Waals surface area contributed by atoms with Crippen molar-refractivity contribution in [1.82, 2.24) is 0 Å². The topological polar surface area (TPSA) is 49.4 Å². The van der Waals surface area contributed by atoms with Crippen molar-refractivity contribution in [2.45, 2.75) is 47.0 Å². The smallest absolute Gasteiger partial charge is 0.244 e. The highest BCUT2D eigenvalue weighted by atomic mass is 16.2. The predicted molar refractivity (Wildman–Crippen MR) is 108 cm³/mol. The number of nitrogens with zero attached hydrogens (tertiary/aromatic N) is 1. The van der Waals surface area contributed by atoms with Gasteiger partial charge in [-0.1, -0.05) is 57.2 Å². The number of benzene rings is 2. The summed E-state index contributed by atoms with van der Waals surface area (Å²) in [4.78, 5) is 26.5. The Bertz CT molecular complexity index is 761. The average molecular weight is 352 g/mol. The molecule has 0 saturated carbocycles. The van der Waals surface area contributed by atoms with Crippen LogP contribution >= 0.6 is 0 Å². The lowest BCUT2D eigenvalue weighted by Crippen LogP contribution is -2.37. The predicted octanol–water partition coefficient (Wildman–Crippen LogP) is 4.37. The lowest BCUT2D eigenvalue weighted by molar-refractivity contribution is -0.120. The third-order valence-corrected chi connectivity index (χ3v) is 4.61. The first kappa shape index (κ1) is 19.7. The first-order chi connectivity index (χ1) is 12.5. The van der Waals surface area contributed by atoms with E-state index >= 15 is 0 Å². The van der Waals surface area contributed by atoms with Crippen molar-refractivity contribution in [2.75, 3.05) is 16.8 Å². The monoisotopic (exact) mass is 352 g/mol. The number of aryl methyl sites for hydroxylation is 3. The first-order valence-electron chi connectivity index (χ1n) is 9.28. The van der Waals surface area contributed by atoms with Gasteiger partial charge >= 0.3 is 0 Å². The molecule has 0 bridgehead atoms. The Hall–Kier alpha value is -2.62. The Labute approximate surface area is 156 Å². The van der Waals surface area contributed by atoms with Gasteiger partial charge in [-0.05, 0) is 42.0 Å². The Morgan fingerprint density at radius 1 is 0.846 bits per heavy atom. The van der Waals surface area contributed by atoms with Crippen molar-refractivity contribution in [3.8, 4) is 0 Å². The van der Waals surface area contributed by atoms with E-state index in [0.29, 0.717) is 0 Å². The van der Waals surface area contributed by atoms with Crippen molar-refractivity contribution < 1.29 is 9.59 Å². The van der Waals surface area contributed by atoms with E-state index in [0.717, 1.165) is 47.3 Å². The summed E-state index contributed by atoms with van der Waals surface area (Å²) in [6.45, 7) is 7.70. The minimum absolute atomic E-state index is 0.00749. The maximum Gasteiger partial charge on any atom is 0.244 e. The van der Waals surface area contributed by atoms with Crippen LogP contribution in [0, 0.1) is 0 Å². The van der Waals surface area contributed by atoms with Crippen molar-refractivity contribution in [1.29, 1.82) is 0 Å². The highest BCUT2D eigenvalue weighted by Gasteiger charge is 2.19. The van der Waals surface area contributed by atoms with Gasteiger partial charge in [0.1, 0.15) is 6.54 Å². The summed E-state index contributed by atoms with van der Waals surface area (Å²) in [6.07, 6.45) is 2.50. The zero-order chi connectivity index (χ0) is 19.1. The number of carbonyl (C=O) groups excluding carboxylic acids is 2. The van der Waals surface area contributed by atoms with E-state index in [2.05, 4.69) is 19.2 Å².